The molecule has 0 nitrogen and oxygen atoms in total. The Hall–Kier alpha value is -2.98. The fraction of sp³-hybridized carbons (Fsp3) is 0.0526. The molecule has 3 aromatic rings. The highest BCUT2D eigenvalue weighted by atomic mass is 19.2. The maximum atomic E-state index is 14.7. The van der Waals surface area contributed by atoms with Crippen molar-refractivity contribution >= 4 is 23.1 Å². The molecule has 0 aromatic heterocycles. The van der Waals surface area contributed by atoms with Crippen LogP contribution in [0.1, 0.15) is 5.56 Å². The molecule has 0 aliphatic heterocycles. The van der Waals surface area contributed by atoms with E-state index in [0.717, 1.165) is 0 Å². The van der Waals surface area contributed by atoms with Gasteiger partial charge in [0.05, 0.1) is 0 Å². The second kappa shape index (κ2) is 7.69. The largest absolute Gasteiger partial charge is 0.257 e. The van der Waals surface area contributed by atoms with Crippen LogP contribution in [-0.2, 0) is 0 Å². The Bertz CT molecular complexity index is 1090. The SMILES string of the molecule is Cc1c(F)c(F)c(F)c(B(c2cc(F)cc(F)c2F)c2cc(F)cc(F)c2F)c1F. The van der Waals surface area contributed by atoms with E-state index in [0.29, 0.717) is 6.92 Å². The predicted molar refractivity (Wildman–Crippen MR) is 88.3 cm³/mol. The molecule has 3 aromatic carbocycles. The third kappa shape index (κ3) is 3.42. The number of hydrogen-bond acceptors (Lipinski definition) is 0. The molecule has 0 saturated carbocycles. The Morgan fingerprint density at radius 3 is 1.37 bits per heavy atom. The summed E-state index contributed by atoms with van der Waals surface area (Å²) in [6.07, 6.45) is 0. The van der Waals surface area contributed by atoms with Gasteiger partial charge in [-0.25, -0.2) is 43.9 Å². The first kappa shape index (κ1) is 21.7. The molecule has 0 amide bonds. The van der Waals surface area contributed by atoms with Gasteiger partial charge in [0.1, 0.15) is 17.5 Å². The van der Waals surface area contributed by atoms with E-state index in [9.17, 15) is 43.9 Å². The fourth-order valence-electron chi connectivity index (χ4n) is 3.08. The van der Waals surface area contributed by atoms with Gasteiger partial charge in [0.25, 0.3) is 6.71 Å². The molecule has 30 heavy (non-hydrogen) atoms. The van der Waals surface area contributed by atoms with Crippen LogP contribution in [0.5, 0.6) is 0 Å². The van der Waals surface area contributed by atoms with Crippen LogP contribution in [0.15, 0.2) is 24.3 Å². The van der Waals surface area contributed by atoms with Gasteiger partial charge in [-0.05, 0) is 30.0 Å². The van der Waals surface area contributed by atoms with Crippen molar-refractivity contribution in [3.63, 3.8) is 0 Å². The van der Waals surface area contributed by atoms with Crippen molar-refractivity contribution in [2.45, 2.75) is 6.92 Å². The molecular weight excluding hydrogens is 429 g/mol. The molecule has 0 saturated heterocycles. The summed E-state index contributed by atoms with van der Waals surface area (Å²) in [5.74, 6) is -19.1. The number of halogens is 10. The number of hydrogen-bond donors (Lipinski definition) is 0. The van der Waals surface area contributed by atoms with Gasteiger partial charge in [0.2, 0.25) is 0 Å². The monoisotopic (exact) mass is 436 g/mol. The second-order valence-corrected chi connectivity index (χ2v) is 6.31. The lowest BCUT2D eigenvalue weighted by Crippen LogP contribution is -2.58. The van der Waals surface area contributed by atoms with E-state index >= 15 is 0 Å². The molecule has 0 radical (unpaired) electrons. The van der Waals surface area contributed by atoms with E-state index < -0.39 is 86.8 Å². The molecule has 0 N–H and O–H groups in total. The summed E-state index contributed by atoms with van der Waals surface area (Å²) in [6, 6.07) is 0.449. The molecule has 0 heterocycles. The van der Waals surface area contributed by atoms with Crippen LogP contribution in [0.4, 0.5) is 43.9 Å². The lowest BCUT2D eigenvalue weighted by molar-refractivity contribution is 0.434. The lowest BCUT2D eigenvalue weighted by Gasteiger charge is -2.20. The van der Waals surface area contributed by atoms with Crippen molar-refractivity contribution in [1.82, 2.24) is 0 Å². The van der Waals surface area contributed by atoms with E-state index in [4.69, 9.17) is 0 Å². The number of rotatable bonds is 3. The smallest absolute Gasteiger partial charge is 0.207 e. The van der Waals surface area contributed by atoms with Crippen LogP contribution in [-0.4, -0.2) is 6.71 Å². The van der Waals surface area contributed by atoms with E-state index in [1.54, 1.807) is 0 Å². The summed E-state index contributed by atoms with van der Waals surface area (Å²) in [5.41, 5.74) is -5.35. The van der Waals surface area contributed by atoms with Crippen molar-refractivity contribution in [1.29, 1.82) is 0 Å². The van der Waals surface area contributed by atoms with Crippen molar-refractivity contribution in [3.05, 3.63) is 88.0 Å². The summed E-state index contributed by atoms with van der Waals surface area (Å²) in [5, 5.41) is 0. The maximum absolute atomic E-state index is 14.7. The topological polar surface area (TPSA) is 0 Å². The second-order valence-electron chi connectivity index (χ2n) is 6.31. The van der Waals surface area contributed by atoms with Gasteiger partial charge in [-0.15, -0.1) is 0 Å². The third-order valence-electron chi connectivity index (χ3n) is 4.47. The fourth-order valence-corrected chi connectivity index (χ4v) is 3.08. The predicted octanol–water partition coefficient (Wildman–Crippen LogP) is 3.90. The Morgan fingerprint density at radius 1 is 0.500 bits per heavy atom. The maximum Gasteiger partial charge on any atom is 0.257 e. The molecule has 0 aliphatic rings. The van der Waals surface area contributed by atoms with Gasteiger partial charge in [0, 0.05) is 23.2 Å². The van der Waals surface area contributed by atoms with E-state index in [2.05, 4.69) is 0 Å². The minimum absolute atomic E-state index is 0.0433. The highest BCUT2D eigenvalue weighted by molar-refractivity contribution is 6.95. The highest BCUT2D eigenvalue weighted by Crippen LogP contribution is 2.19. The molecule has 3 rings (SSSR count). The van der Waals surface area contributed by atoms with Crippen LogP contribution in [0.3, 0.4) is 0 Å². The summed E-state index contributed by atoms with van der Waals surface area (Å²) >= 11 is 0. The zero-order valence-corrected chi connectivity index (χ0v) is 14.7. The number of benzene rings is 3. The Kier molecular flexibility index (Phi) is 5.57. The summed E-state index contributed by atoms with van der Waals surface area (Å²) in [4.78, 5) is 0. The normalized spacial score (nSPS) is 11.2. The van der Waals surface area contributed by atoms with Crippen molar-refractivity contribution in [2.24, 2.45) is 0 Å². The van der Waals surface area contributed by atoms with Gasteiger partial charge in [-0.1, -0.05) is 0 Å². The van der Waals surface area contributed by atoms with Crippen LogP contribution in [0, 0.1) is 65.1 Å². The zero-order valence-electron chi connectivity index (χ0n) is 14.7. The molecular formula is C19H7BF10. The average molecular weight is 436 g/mol. The molecule has 0 bridgehead atoms. The van der Waals surface area contributed by atoms with Crippen molar-refractivity contribution < 1.29 is 43.9 Å². The quantitative estimate of drug-likeness (QED) is 0.253. The van der Waals surface area contributed by atoms with Crippen LogP contribution in [0.25, 0.3) is 0 Å². The third-order valence-corrected chi connectivity index (χ3v) is 4.47. The Morgan fingerprint density at radius 2 is 0.933 bits per heavy atom. The molecule has 0 aliphatic carbocycles. The Labute approximate surface area is 162 Å². The molecule has 0 unspecified atom stereocenters. The first-order valence-electron chi connectivity index (χ1n) is 8.07. The van der Waals surface area contributed by atoms with Gasteiger partial charge in [-0.2, -0.15) is 0 Å². The van der Waals surface area contributed by atoms with E-state index in [1.165, 1.54) is 0 Å². The first-order chi connectivity index (χ1) is 14.0. The van der Waals surface area contributed by atoms with Crippen LogP contribution >= 0.6 is 0 Å². The van der Waals surface area contributed by atoms with Crippen molar-refractivity contribution in [2.75, 3.05) is 0 Å². The van der Waals surface area contributed by atoms with E-state index in [1.807, 2.05) is 0 Å². The van der Waals surface area contributed by atoms with Gasteiger partial charge in [0.15, 0.2) is 40.7 Å². The standard InChI is InChI=1S/C19H7BF10/c1-6-14(25)13(18(29)19(30)15(6)26)20(9-2-7(21)4-11(23)16(9)27)10-3-8(22)5-12(24)17(10)28/h2-5H,1H3. The van der Waals surface area contributed by atoms with Crippen molar-refractivity contribution in [3.8, 4) is 0 Å². The lowest BCUT2D eigenvalue weighted by atomic mass is 9.36. The molecule has 0 fully saturated rings. The summed E-state index contributed by atoms with van der Waals surface area (Å²) in [7, 11) is 0. The van der Waals surface area contributed by atoms with Gasteiger partial charge in [-0.3, -0.25) is 0 Å². The Balaban J connectivity index is 2.52. The molecule has 0 atom stereocenters. The van der Waals surface area contributed by atoms with Gasteiger partial charge >= 0.3 is 0 Å². The minimum atomic E-state index is -2.62. The summed E-state index contributed by atoms with van der Waals surface area (Å²) < 4.78 is 141. The minimum Gasteiger partial charge on any atom is -0.207 e. The van der Waals surface area contributed by atoms with Gasteiger partial charge < -0.3 is 0 Å². The highest BCUT2D eigenvalue weighted by Gasteiger charge is 2.38. The van der Waals surface area contributed by atoms with E-state index in [-0.39, 0.29) is 24.3 Å². The average Bonchev–Trinajstić information content (AvgIpc) is 2.68. The van der Waals surface area contributed by atoms with Crippen LogP contribution < -0.4 is 16.4 Å². The molecule has 156 valence electrons. The molecule has 11 heteroatoms. The summed E-state index contributed by atoms with van der Waals surface area (Å²) in [6.45, 7) is -1.96. The zero-order chi connectivity index (χ0) is 22.5. The molecule has 0 spiro atoms. The van der Waals surface area contributed by atoms with Crippen LogP contribution in [0.2, 0.25) is 0 Å². The first-order valence-corrected chi connectivity index (χ1v) is 8.07.